The zero-order chi connectivity index (χ0) is 36.7. The fourth-order valence-electron chi connectivity index (χ4n) is 5.97. The predicted molar refractivity (Wildman–Crippen MR) is 181 cm³/mol. The topological polar surface area (TPSA) is 206 Å². The number of nitrogens with one attached hydrogen (secondary N) is 1. The first-order valence-corrected chi connectivity index (χ1v) is 16.0. The van der Waals surface area contributed by atoms with Crippen LogP contribution in [0.4, 0.5) is 11.4 Å². The Morgan fingerprint density at radius 1 is 0.849 bits per heavy atom. The number of aliphatic carboxylic acids is 2. The number of anilines is 1. The molecule has 2 N–H and O–H groups in total. The van der Waals surface area contributed by atoms with Crippen molar-refractivity contribution >= 4 is 45.9 Å². The maximum absolute atomic E-state index is 14.1. The van der Waals surface area contributed by atoms with E-state index in [-0.39, 0.29) is 83.5 Å². The molecule has 5 aromatic rings. The zero-order valence-electron chi connectivity index (χ0n) is 29.3. The summed E-state index contributed by atoms with van der Waals surface area (Å²) >= 11 is 0. The van der Waals surface area contributed by atoms with E-state index in [0.717, 1.165) is 10.8 Å². The Hall–Kier alpha value is -4.34. The van der Waals surface area contributed by atoms with Crippen molar-refractivity contribution in [3.8, 4) is 0 Å². The first kappa shape index (κ1) is 43.1. The number of fused-ring (bicyclic) bond motifs is 1. The number of hydrogen-bond donors (Lipinski definition) is 2. The van der Waals surface area contributed by atoms with Crippen LogP contribution in [0.3, 0.4) is 0 Å². The molecule has 15 heteroatoms. The van der Waals surface area contributed by atoms with Gasteiger partial charge in [0.15, 0.2) is 5.76 Å². The van der Waals surface area contributed by atoms with Crippen molar-refractivity contribution in [1.82, 2.24) is 4.90 Å². The Balaban J connectivity index is 0.00000378. The van der Waals surface area contributed by atoms with Crippen LogP contribution in [0.15, 0.2) is 114 Å². The molecule has 53 heavy (non-hydrogen) atoms. The number of aliphatic hydroxyl groups is 1. The number of carbonyl (C=O) groups is 4. The molecule has 0 radical (unpaired) electrons. The van der Waals surface area contributed by atoms with Crippen molar-refractivity contribution in [2.45, 2.75) is 44.4 Å². The molecule has 1 aromatic heterocycles. The normalized spacial score (nSPS) is 12.9. The molecule has 0 spiro atoms. The molecule has 13 nitrogen and oxygen atoms in total. The smallest absolute Gasteiger partial charge is 0.550 e. The average Bonchev–Trinajstić information content (AvgIpc) is 3.60. The van der Waals surface area contributed by atoms with Crippen molar-refractivity contribution < 1.29 is 103 Å². The van der Waals surface area contributed by atoms with Gasteiger partial charge in [-0.3, -0.25) is 19.7 Å². The molecule has 262 valence electrons. The number of nitrogens with zero attached hydrogens (tertiary/aromatic N) is 2. The van der Waals surface area contributed by atoms with Crippen LogP contribution < -0.4 is 74.6 Å². The summed E-state index contributed by atoms with van der Waals surface area (Å²) in [4.78, 5) is 62.4. The number of nitro groups is 1. The van der Waals surface area contributed by atoms with Crippen molar-refractivity contribution in [1.29, 1.82) is 0 Å². The van der Waals surface area contributed by atoms with Gasteiger partial charge in [0.25, 0.3) is 17.5 Å². The van der Waals surface area contributed by atoms with Crippen molar-refractivity contribution in [2.75, 3.05) is 5.32 Å². The van der Waals surface area contributed by atoms with E-state index < -0.39 is 59.1 Å². The number of benzene rings is 4. The number of carbonyl (C=O) groups excluding carboxylic acids is 4. The number of rotatable bonds is 15. The molecule has 5 rings (SSSR count). The zero-order valence-corrected chi connectivity index (χ0v) is 33.3. The summed E-state index contributed by atoms with van der Waals surface area (Å²) < 4.78 is 5.92. The van der Waals surface area contributed by atoms with Crippen molar-refractivity contribution in [3.63, 3.8) is 0 Å². The summed E-state index contributed by atoms with van der Waals surface area (Å²) in [6.07, 6.45) is -3.43. The van der Waals surface area contributed by atoms with Gasteiger partial charge in [0, 0.05) is 60.6 Å². The second-order valence-corrected chi connectivity index (χ2v) is 12.1. The Morgan fingerprint density at radius 3 is 2.11 bits per heavy atom. The van der Waals surface area contributed by atoms with E-state index in [2.05, 4.69) is 5.32 Å². The van der Waals surface area contributed by atoms with Gasteiger partial charge in [-0.25, -0.2) is 0 Å². The van der Waals surface area contributed by atoms with Crippen LogP contribution in [0.1, 0.15) is 46.7 Å². The number of aliphatic hydroxyl groups excluding tert-OH is 1. The molecule has 0 aliphatic heterocycles. The summed E-state index contributed by atoms with van der Waals surface area (Å²) in [5.41, 5.74) is 1.51. The van der Waals surface area contributed by atoms with E-state index in [1.807, 2.05) is 36.4 Å². The third-order valence-electron chi connectivity index (χ3n) is 8.72. The average molecular weight is 738 g/mol. The number of furan rings is 1. The predicted octanol–water partition coefficient (Wildman–Crippen LogP) is -2.79. The molecule has 2 amide bonds. The first-order chi connectivity index (χ1) is 24.4. The molecule has 0 aliphatic rings. The van der Waals surface area contributed by atoms with E-state index in [1.54, 1.807) is 49.4 Å². The van der Waals surface area contributed by atoms with Gasteiger partial charge in [-0.1, -0.05) is 66.7 Å². The maximum atomic E-state index is 14.1. The molecule has 1 heterocycles. The number of carboxylic acids is 2. The minimum atomic E-state index is -2.31. The Kier molecular flexibility index (Phi) is 16.0. The van der Waals surface area contributed by atoms with E-state index in [9.17, 15) is 44.6 Å². The molecule has 0 saturated heterocycles. The largest absolute Gasteiger partial charge is 1.00 e. The summed E-state index contributed by atoms with van der Waals surface area (Å²) in [5.74, 6) is -7.82. The van der Waals surface area contributed by atoms with Gasteiger partial charge in [0.2, 0.25) is 0 Å². The molecular formula is C38H33N3Na2O10. The van der Waals surface area contributed by atoms with E-state index in [4.69, 9.17) is 4.42 Å². The van der Waals surface area contributed by atoms with Crippen molar-refractivity contribution in [3.05, 3.63) is 142 Å². The van der Waals surface area contributed by atoms with E-state index in [1.165, 1.54) is 35.2 Å². The van der Waals surface area contributed by atoms with Crippen LogP contribution >= 0.6 is 0 Å². The third kappa shape index (κ3) is 11.1. The number of para-hydroxylation sites is 1. The minimum absolute atomic E-state index is 0. The van der Waals surface area contributed by atoms with Gasteiger partial charge >= 0.3 is 59.1 Å². The van der Waals surface area contributed by atoms with Crippen LogP contribution in [0.5, 0.6) is 0 Å². The summed E-state index contributed by atoms with van der Waals surface area (Å²) in [7, 11) is 0. The Morgan fingerprint density at radius 2 is 1.49 bits per heavy atom. The van der Waals surface area contributed by atoms with Crippen molar-refractivity contribution in [2.24, 2.45) is 5.92 Å². The van der Waals surface area contributed by atoms with Crippen LogP contribution in [0.2, 0.25) is 0 Å². The molecule has 0 aliphatic carbocycles. The summed E-state index contributed by atoms with van der Waals surface area (Å²) in [6.45, 7) is 1.51. The molecule has 0 fully saturated rings. The van der Waals surface area contributed by atoms with Gasteiger partial charge < -0.3 is 39.5 Å². The third-order valence-corrected chi connectivity index (χ3v) is 8.72. The number of carboxylic acid groups (broad SMARTS) is 2. The van der Waals surface area contributed by atoms with Gasteiger partial charge in [-0.2, -0.15) is 0 Å². The fourth-order valence-corrected chi connectivity index (χ4v) is 5.97. The molecule has 0 bridgehead atoms. The van der Waals surface area contributed by atoms with Gasteiger partial charge in [0.1, 0.15) is 11.9 Å². The molecular weight excluding hydrogens is 704 g/mol. The minimum Gasteiger partial charge on any atom is -0.550 e. The van der Waals surface area contributed by atoms with Gasteiger partial charge in [-0.05, 0) is 65.6 Å². The van der Waals surface area contributed by atoms with Gasteiger partial charge in [0.05, 0.1) is 4.92 Å². The summed E-state index contributed by atoms with van der Waals surface area (Å²) in [6, 6.07) is 29.5. The maximum Gasteiger partial charge on any atom is 1.00 e. The fraction of sp³-hybridized carbons (Fsp3) is 0.211. The van der Waals surface area contributed by atoms with Crippen LogP contribution in [0.25, 0.3) is 10.8 Å². The molecule has 4 atom stereocenters. The second kappa shape index (κ2) is 19.7. The standard InChI is InChI=1S/C38H35N3O10.2Na/c1-23(40(37(46)35(44)32(38(47)48)21-34(42)43)22-24-11-12-25-7-5-6-8-27(25)19-24)31(26-13-15-29(16-14-26)41(49)50)20-30-17-18-33(51-30)36(45)39-28-9-3-2-4-10-28;;/h2-19,23,31-32,35,44H,20-22H2,1H3,(H,39,45)(H,42,43)(H,47,48);;/q;2*+1/p-2. The van der Waals surface area contributed by atoms with E-state index >= 15 is 0 Å². The molecule has 4 unspecified atom stereocenters. The van der Waals surface area contributed by atoms with Gasteiger partial charge in [-0.15, -0.1) is 0 Å². The Bertz CT molecular complexity index is 2060. The van der Waals surface area contributed by atoms with Crippen LogP contribution in [-0.2, 0) is 27.3 Å². The molecule has 0 saturated carbocycles. The quantitative estimate of drug-likeness (QED) is 0.0642. The second-order valence-electron chi connectivity index (χ2n) is 12.1. The monoisotopic (exact) mass is 737 g/mol. The number of hydrogen-bond acceptors (Lipinski definition) is 10. The Labute approximate surface area is 348 Å². The first-order valence-electron chi connectivity index (χ1n) is 16.0. The van der Waals surface area contributed by atoms with Crippen LogP contribution in [-0.4, -0.2) is 50.8 Å². The number of nitro benzene ring substituents is 1. The van der Waals surface area contributed by atoms with E-state index in [0.29, 0.717) is 22.6 Å². The summed E-state index contributed by atoms with van der Waals surface area (Å²) in [5, 5.41) is 50.3. The SMILES string of the molecule is CC(C(Cc1ccc(C(=O)Nc2ccccc2)o1)c1ccc([N+](=O)[O-])cc1)N(Cc1ccc2ccccc2c1)C(=O)C(O)C(CC(=O)[O-])C(=O)[O-].[Na+].[Na+]. The molecule has 4 aromatic carbocycles. The van der Waals surface area contributed by atoms with Crippen LogP contribution in [0, 0.1) is 16.0 Å². The number of amides is 2. The number of non-ortho nitro benzene ring substituents is 1.